The van der Waals surface area contributed by atoms with Crippen LogP contribution in [0.3, 0.4) is 0 Å². The first-order chi connectivity index (χ1) is 8.57. The van der Waals surface area contributed by atoms with Crippen LogP contribution >= 0.6 is 0 Å². The van der Waals surface area contributed by atoms with Crippen molar-refractivity contribution in [3.05, 3.63) is 29.8 Å². The Bertz CT molecular complexity index is 437. The lowest BCUT2D eigenvalue weighted by molar-refractivity contribution is 0.595. The fourth-order valence-electron chi connectivity index (χ4n) is 1.84. The Morgan fingerprint density at radius 2 is 1.67 bits per heavy atom. The number of rotatable bonds is 8. The first-order valence-corrected chi connectivity index (χ1v) is 8.42. The topological polar surface area (TPSA) is 46.2 Å². The molecule has 1 N–H and O–H groups in total. The van der Waals surface area contributed by atoms with Crippen molar-refractivity contribution < 1.29 is 8.42 Å². The van der Waals surface area contributed by atoms with Gasteiger partial charge in [-0.1, -0.05) is 32.4 Å². The summed E-state index contributed by atoms with van der Waals surface area (Å²) in [7, 11) is -2.88. The fraction of sp³-hybridized carbons (Fsp3) is 0.571. The Morgan fingerprint density at radius 1 is 1.00 bits per heavy atom. The van der Waals surface area contributed by atoms with E-state index in [-0.39, 0.29) is 11.5 Å². The molecule has 0 saturated carbocycles. The van der Waals surface area contributed by atoms with Crippen LogP contribution in [0.2, 0.25) is 0 Å². The summed E-state index contributed by atoms with van der Waals surface area (Å²) in [6.45, 7) is 4.53. The van der Waals surface area contributed by atoms with Crippen LogP contribution in [0.4, 0.5) is 5.69 Å². The van der Waals surface area contributed by atoms with E-state index in [0.29, 0.717) is 13.0 Å². The van der Waals surface area contributed by atoms with Gasteiger partial charge < -0.3 is 5.32 Å². The zero-order chi connectivity index (χ0) is 13.4. The third-order valence-corrected chi connectivity index (χ3v) is 4.61. The van der Waals surface area contributed by atoms with Gasteiger partial charge in [-0.25, -0.2) is 8.42 Å². The Hall–Kier alpha value is -1.03. The monoisotopic (exact) mass is 269 g/mol. The molecular weight excluding hydrogens is 246 g/mol. The summed E-state index contributed by atoms with van der Waals surface area (Å²) >= 11 is 0. The molecular formula is C14H23NO2S. The Morgan fingerprint density at radius 3 is 2.22 bits per heavy atom. The van der Waals surface area contributed by atoms with E-state index in [1.54, 1.807) is 0 Å². The zero-order valence-corrected chi connectivity index (χ0v) is 12.1. The molecule has 0 amide bonds. The molecule has 0 aliphatic heterocycles. The highest BCUT2D eigenvalue weighted by molar-refractivity contribution is 7.91. The second-order valence-corrected chi connectivity index (χ2v) is 6.83. The predicted molar refractivity (Wildman–Crippen MR) is 77.9 cm³/mol. The van der Waals surface area contributed by atoms with Crippen molar-refractivity contribution in [2.45, 2.75) is 33.1 Å². The number of nitrogens with one attached hydrogen (secondary N) is 1. The third-order valence-electron chi connectivity index (χ3n) is 2.75. The third kappa shape index (κ3) is 5.54. The van der Waals surface area contributed by atoms with Gasteiger partial charge in [-0.2, -0.15) is 0 Å². The number of anilines is 1. The number of benzene rings is 1. The van der Waals surface area contributed by atoms with Gasteiger partial charge in [0.15, 0.2) is 9.84 Å². The Kier molecular flexibility index (Phi) is 6.19. The fourth-order valence-corrected chi connectivity index (χ4v) is 3.08. The molecule has 4 heteroatoms. The van der Waals surface area contributed by atoms with E-state index in [1.165, 1.54) is 5.56 Å². The van der Waals surface area contributed by atoms with E-state index in [2.05, 4.69) is 24.4 Å². The minimum Gasteiger partial charge on any atom is -0.384 e. The molecule has 0 heterocycles. The molecule has 1 aromatic carbocycles. The lowest BCUT2D eigenvalue weighted by Gasteiger charge is -2.07. The van der Waals surface area contributed by atoms with Crippen molar-refractivity contribution in [1.82, 2.24) is 0 Å². The zero-order valence-electron chi connectivity index (χ0n) is 11.3. The van der Waals surface area contributed by atoms with Crippen LogP contribution in [0.1, 0.15) is 32.3 Å². The van der Waals surface area contributed by atoms with Gasteiger partial charge >= 0.3 is 0 Å². The number of sulfone groups is 1. The molecule has 1 aromatic rings. The Balaban J connectivity index is 2.40. The molecule has 0 saturated heterocycles. The average molecular weight is 269 g/mol. The predicted octanol–water partition coefficient (Wildman–Crippen LogP) is 2.88. The highest BCUT2D eigenvalue weighted by atomic mass is 32.2. The van der Waals surface area contributed by atoms with Crippen molar-refractivity contribution in [2.75, 3.05) is 23.4 Å². The lowest BCUT2D eigenvalue weighted by Crippen LogP contribution is -2.18. The molecule has 0 unspecified atom stereocenters. The van der Waals surface area contributed by atoms with E-state index < -0.39 is 9.84 Å². The standard InChI is InChI=1S/C14H23NO2S/c1-3-5-13-6-8-14(9-7-13)15-10-12-18(16,17)11-4-2/h6-9,15H,3-5,10-12H2,1-2H3. The summed E-state index contributed by atoms with van der Waals surface area (Å²) in [5.74, 6) is 0.488. The minimum atomic E-state index is -2.88. The van der Waals surface area contributed by atoms with Crippen LogP contribution in [0.5, 0.6) is 0 Å². The molecule has 18 heavy (non-hydrogen) atoms. The van der Waals surface area contributed by atoms with Crippen molar-refractivity contribution in [3.63, 3.8) is 0 Å². The van der Waals surface area contributed by atoms with Crippen LogP contribution in [-0.4, -0.2) is 26.5 Å². The van der Waals surface area contributed by atoms with Crippen molar-refractivity contribution in [3.8, 4) is 0 Å². The molecule has 0 aromatic heterocycles. The largest absolute Gasteiger partial charge is 0.384 e. The first kappa shape index (κ1) is 15.0. The molecule has 0 radical (unpaired) electrons. The maximum absolute atomic E-state index is 11.5. The summed E-state index contributed by atoms with van der Waals surface area (Å²) in [5.41, 5.74) is 2.31. The van der Waals surface area contributed by atoms with Gasteiger partial charge in [0.1, 0.15) is 0 Å². The van der Waals surface area contributed by atoms with Crippen LogP contribution in [0.25, 0.3) is 0 Å². The van der Waals surface area contributed by atoms with Crippen molar-refractivity contribution in [2.24, 2.45) is 0 Å². The summed E-state index contributed by atoms with van der Waals surface area (Å²) in [4.78, 5) is 0. The van der Waals surface area contributed by atoms with Crippen LogP contribution < -0.4 is 5.32 Å². The number of hydrogen-bond acceptors (Lipinski definition) is 3. The van der Waals surface area contributed by atoms with Gasteiger partial charge in [-0.15, -0.1) is 0 Å². The van der Waals surface area contributed by atoms with Gasteiger partial charge in [0.2, 0.25) is 0 Å². The minimum absolute atomic E-state index is 0.206. The first-order valence-electron chi connectivity index (χ1n) is 6.60. The molecule has 0 aliphatic rings. The molecule has 0 spiro atoms. The average Bonchev–Trinajstić information content (AvgIpc) is 2.31. The lowest BCUT2D eigenvalue weighted by atomic mass is 10.1. The highest BCUT2D eigenvalue weighted by Gasteiger charge is 2.08. The van der Waals surface area contributed by atoms with E-state index in [4.69, 9.17) is 0 Å². The molecule has 102 valence electrons. The van der Waals surface area contributed by atoms with E-state index in [9.17, 15) is 8.42 Å². The van der Waals surface area contributed by atoms with E-state index in [1.807, 2.05) is 19.1 Å². The summed E-state index contributed by atoms with van der Waals surface area (Å²) in [6.07, 6.45) is 2.92. The van der Waals surface area contributed by atoms with Gasteiger partial charge in [0, 0.05) is 18.0 Å². The highest BCUT2D eigenvalue weighted by Crippen LogP contribution is 2.10. The second-order valence-electron chi connectivity index (χ2n) is 4.53. The van der Waals surface area contributed by atoms with Crippen LogP contribution in [-0.2, 0) is 16.3 Å². The second kappa shape index (κ2) is 7.41. The van der Waals surface area contributed by atoms with Crippen molar-refractivity contribution >= 4 is 15.5 Å². The van der Waals surface area contributed by atoms with Crippen molar-refractivity contribution in [1.29, 1.82) is 0 Å². The maximum Gasteiger partial charge on any atom is 0.152 e. The molecule has 0 bridgehead atoms. The summed E-state index contributed by atoms with van der Waals surface area (Å²) in [5, 5.41) is 3.15. The maximum atomic E-state index is 11.5. The number of hydrogen-bond donors (Lipinski definition) is 1. The molecule has 0 fully saturated rings. The number of aryl methyl sites for hydroxylation is 1. The summed E-state index contributed by atoms with van der Waals surface area (Å²) in [6, 6.07) is 8.20. The normalized spacial score (nSPS) is 11.4. The van der Waals surface area contributed by atoms with Crippen LogP contribution in [0.15, 0.2) is 24.3 Å². The quantitative estimate of drug-likeness (QED) is 0.789. The molecule has 0 atom stereocenters. The van der Waals surface area contributed by atoms with Gasteiger partial charge in [-0.3, -0.25) is 0 Å². The van der Waals surface area contributed by atoms with E-state index in [0.717, 1.165) is 18.5 Å². The summed E-state index contributed by atoms with van der Waals surface area (Å²) < 4.78 is 23.0. The van der Waals surface area contributed by atoms with Gasteiger partial charge in [-0.05, 0) is 30.5 Å². The molecule has 3 nitrogen and oxygen atoms in total. The Labute approximate surface area is 111 Å². The van der Waals surface area contributed by atoms with E-state index >= 15 is 0 Å². The van der Waals surface area contributed by atoms with Gasteiger partial charge in [0.25, 0.3) is 0 Å². The SMILES string of the molecule is CCCc1ccc(NCCS(=O)(=O)CCC)cc1. The van der Waals surface area contributed by atoms with Gasteiger partial charge in [0.05, 0.1) is 5.75 Å². The van der Waals surface area contributed by atoms with Crippen LogP contribution in [0, 0.1) is 0 Å². The smallest absolute Gasteiger partial charge is 0.152 e. The molecule has 1 rings (SSSR count). The molecule has 0 aliphatic carbocycles.